The van der Waals surface area contributed by atoms with Crippen LogP contribution >= 0.6 is 11.3 Å². The predicted octanol–water partition coefficient (Wildman–Crippen LogP) is 3.74. The Morgan fingerprint density at radius 1 is 1.26 bits per heavy atom. The second kappa shape index (κ2) is 6.78. The number of aromatic nitrogens is 1. The Labute approximate surface area is 117 Å². The Hall–Kier alpha value is -1.26. The van der Waals surface area contributed by atoms with Crippen molar-refractivity contribution in [2.24, 2.45) is 0 Å². The van der Waals surface area contributed by atoms with Gasteiger partial charge in [-0.1, -0.05) is 13.8 Å². The summed E-state index contributed by atoms with van der Waals surface area (Å²) >= 11 is 1.80. The third-order valence-corrected chi connectivity index (χ3v) is 4.29. The molecule has 0 saturated carbocycles. The van der Waals surface area contributed by atoms with E-state index in [4.69, 9.17) is 0 Å². The molecule has 0 saturated heterocycles. The molecule has 2 aromatic heterocycles. The van der Waals surface area contributed by atoms with Gasteiger partial charge in [0.15, 0.2) is 0 Å². The van der Waals surface area contributed by atoms with Crippen LogP contribution in [-0.4, -0.2) is 11.5 Å². The maximum atomic E-state index is 13.8. The van der Waals surface area contributed by atoms with E-state index in [1.165, 1.54) is 15.8 Å². The van der Waals surface area contributed by atoms with E-state index in [1.807, 2.05) is 6.92 Å². The number of halogens is 1. The molecule has 2 rings (SSSR count). The van der Waals surface area contributed by atoms with Gasteiger partial charge in [-0.05, 0) is 37.2 Å². The molecule has 0 radical (unpaired) electrons. The number of hydrogen-bond donors (Lipinski definition) is 1. The zero-order valence-corrected chi connectivity index (χ0v) is 12.1. The molecule has 0 spiro atoms. The smallest absolute Gasteiger partial charge is 0.146 e. The number of nitrogens with one attached hydrogen (secondary N) is 1. The highest BCUT2D eigenvalue weighted by Crippen LogP contribution is 2.24. The van der Waals surface area contributed by atoms with E-state index in [0.717, 1.165) is 19.4 Å². The predicted molar refractivity (Wildman–Crippen MR) is 78.0 cm³/mol. The summed E-state index contributed by atoms with van der Waals surface area (Å²) in [6.07, 6.45) is 3.48. The highest BCUT2D eigenvalue weighted by Gasteiger charge is 2.17. The van der Waals surface area contributed by atoms with E-state index in [-0.39, 0.29) is 11.9 Å². The Morgan fingerprint density at radius 3 is 2.68 bits per heavy atom. The number of aryl methyl sites for hydroxylation is 1. The van der Waals surface area contributed by atoms with Crippen molar-refractivity contribution in [1.29, 1.82) is 0 Å². The first-order valence-corrected chi connectivity index (χ1v) is 7.47. The van der Waals surface area contributed by atoms with Gasteiger partial charge in [-0.3, -0.25) is 4.98 Å². The molecule has 1 unspecified atom stereocenters. The minimum atomic E-state index is -0.235. The molecular weight excluding hydrogens is 259 g/mol. The monoisotopic (exact) mass is 278 g/mol. The van der Waals surface area contributed by atoms with Crippen molar-refractivity contribution in [1.82, 2.24) is 10.3 Å². The number of pyridine rings is 1. The van der Waals surface area contributed by atoms with Crippen LogP contribution in [0.25, 0.3) is 0 Å². The lowest BCUT2D eigenvalue weighted by molar-refractivity contribution is 0.496. The van der Waals surface area contributed by atoms with E-state index in [1.54, 1.807) is 23.6 Å². The van der Waals surface area contributed by atoms with Gasteiger partial charge in [-0.2, -0.15) is 0 Å². The summed E-state index contributed by atoms with van der Waals surface area (Å²) in [5.74, 6) is -0.235. The average molecular weight is 278 g/mol. The van der Waals surface area contributed by atoms with Gasteiger partial charge in [0.25, 0.3) is 0 Å². The molecular formula is C15H19FN2S. The minimum absolute atomic E-state index is 0.0606. The molecule has 1 N–H and O–H groups in total. The van der Waals surface area contributed by atoms with Crippen LogP contribution in [-0.2, 0) is 12.8 Å². The largest absolute Gasteiger partial charge is 0.309 e. The molecule has 102 valence electrons. The molecule has 0 bridgehead atoms. The van der Waals surface area contributed by atoms with Crippen LogP contribution < -0.4 is 5.32 Å². The Balaban J connectivity index is 2.18. The van der Waals surface area contributed by atoms with Gasteiger partial charge in [0.05, 0.1) is 11.7 Å². The molecule has 2 nitrogen and oxygen atoms in total. The fourth-order valence-electron chi connectivity index (χ4n) is 2.09. The van der Waals surface area contributed by atoms with Gasteiger partial charge < -0.3 is 5.32 Å². The summed E-state index contributed by atoms with van der Waals surface area (Å²) in [4.78, 5) is 6.83. The third kappa shape index (κ3) is 3.61. The van der Waals surface area contributed by atoms with Crippen LogP contribution in [0.4, 0.5) is 4.39 Å². The van der Waals surface area contributed by atoms with E-state index < -0.39 is 0 Å². The quantitative estimate of drug-likeness (QED) is 0.870. The fraction of sp³-hybridized carbons (Fsp3) is 0.400. The molecule has 2 heterocycles. The highest BCUT2D eigenvalue weighted by atomic mass is 32.1. The summed E-state index contributed by atoms with van der Waals surface area (Å²) in [5.41, 5.74) is 0.510. The molecule has 4 heteroatoms. The van der Waals surface area contributed by atoms with Crippen molar-refractivity contribution in [3.05, 3.63) is 51.7 Å². The third-order valence-electron chi connectivity index (χ3n) is 3.04. The molecule has 0 aliphatic carbocycles. The molecule has 0 amide bonds. The summed E-state index contributed by atoms with van der Waals surface area (Å²) in [6, 6.07) is 7.32. The number of nitrogens with zero attached hydrogens (tertiary/aromatic N) is 1. The molecule has 0 aromatic carbocycles. The summed E-state index contributed by atoms with van der Waals surface area (Å²) in [5, 5.41) is 3.32. The lowest BCUT2D eigenvalue weighted by atomic mass is 10.1. The van der Waals surface area contributed by atoms with Crippen LogP contribution in [0.3, 0.4) is 0 Å². The first-order valence-electron chi connectivity index (χ1n) is 6.66. The molecule has 19 heavy (non-hydrogen) atoms. The van der Waals surface area contributed by atoms with E-state index in [9.17, 15) is 4.39 Å². The van der Waals surface area contributed by atoms with Crippen molar-refractivity contribution in [3.63, 3.8) is 0 Å². The van der Waals surface area contributed by atoms with Crippen molar-refractivity contribution in [3.8, 4) is 0 Å². The Morgan fingerprint density at radius 2 is 2.05 bits per heavy atom. The van der Waals surface area contributed by atoms with Crippen molar-refractivity contribution < 1.29 is 4.39 Å². The topological polar surface area (TPSA) is 24.9 Å². The number of rotatable bonds is 6. The van der Waals surface area contributed by atoms with Crippen molar-refractivity contribution >= 4 is 11.3 Å². The van der Waals surface area contributed by atoms with Gasteiger partial charge in [-0.15, -0.1) is 11.3 Å². The maximum Gasteiger partial charge on any atom is 0.146 e. The molecule has 2 aromatic rings. The summed E-state index contributed by atoms with van der Waals surface area (Å²) in [6.45, 7) is 4.97. The van der Waals surface area contributed by atoms with Gasteiger partial charge in [0.1, 0.15) is 5.82 Å². The van der Waals surface area contributed by atoms with E-state index in [0.29, 0.717) is 5.69 Å². The second-order valence-corrected chi connectivity index (χ2v) is 5.66. The zero-order chi connectivity index (χ0) is 13.7. The molecule has 0 aliphatic heterocycles. The lowest BCUT2D eigenvalue weighted by Gasteiger charge is -2.17. The average Bonchev–Trinajstić information content (AvgIpc) is 2.87. The SMILES string of the molecule is CCNC(Cc1ccc(CC)s1)c1ncccc1F. The first kappa shape index (κ1) is 14.2. The van der Waals surface area contributed by atoms with E-state index in [2.05, 4.69) is 29.4 Å². The summed E-state index contributed by atoms with van der Waals surface area (Å²) < 4.78 is 13.8. The van der Waals surface area contributed by atoms with Crippen LogP contribution in [0.15, 0.2) is 30.5 Å². The Kier molecular flexibility index (Phi) is 5.05. The van der Waals surface area contributed by atoms with Crippen LogP contribution in [0.2, 0.25) is 0 Å². The van der Waals surface area contributed by atoms with Crippen molar-refractivity contribution in [2.75, 3.05) is 6.54 Å². The zero-order valence-electron chi connectivity index (χ0n) is 11.3. The highest BCUT2D eigenvalue weighted by molar-refractivity contribution is 7.11. The van der Waals surface area contributed by atoms with Gasteiger partial charge in [0.2, 0.25) is 0 Å². The first-order chi connectivity index (χ1) is 9.24. The number of thiophene rings is 1. The van der Waals surface area contributed by atoms with Crippen molar-refractivity contribution in [2.45, 2.75) is 32.7 Å². The number of likely N-dealkylation sites (N-methyl/N-ethyl adjacent to an activating group) is 1. The molecule has 1 atom stereocenters. The number of hydrogen-bond acceptors (Lipinski definition) is 3. The van der Waals surface area contributed by atoms with Gasteiger partial charge >= 0.3 is 0 Å². The van der Waals surface area contributed by atoms with Gasteiger partial charge in [0, 0.05) is 22.4 Å². The second-order valence-electron chi connectivity index (χ2n) is 4.41. The standard InChI is InChI=1S/C15H19FN2S/c1-3-11-7-8-12(19-11)10-14(17-4-2)15-13(16)6-5-9-18-15/h5-9,14,17H,3-4,10H2,1-2H3. The van der Waals surface area contributed by atoms with Crippen LogP contribution in [0, 0.1) is 5.82 Å². The molecule has 0 aliphatic rings. The lowest BCUT2D eigenvalue weighted by Crippen LogP contribution is -2.24. The van der Waals surface area contributed by atoms with E-state index >= 15 is 0 Å². The fourth-order valence-corrected chi connectivity index (χ4v) is 3.09. The van der Waals surface area contributed by atoms with Crippen LogP contribution in [0.1, 0.15) is 35.3 Å². The summed E-state index contributed by atoms with van der Waals surface area (Å²) in [7, 11) is 0. The van der Waals surface area contributed by atoms with Crippen LogP contribution in [0.5, 0.6) is 0 Å². The Bertz CT molecular complexity index is 524. The molecule has 0 fully saturated rings. The van der Waals surface area contributed by atoms with Gasteiger partial charge in [-0.25, -0.2) is 4.39 Å². The minimum Gasteiger partial charge on any atom is -0.309 e. The maximum absolute atomic E-state index is 13.8. The normalized spacial score (nSPS) is 12.6.